The predicted octanol–water partition coefficient (Wildman–Crippen LogP) is 0.424. The van der Waals surface area contributed by atoms with E-state index in [9.17, 15) is 9.18 Å². The van der Waals surface area contributed by atoms with Crippen molar-refractivity contribution in [3.8, 4) is 0 Å². The number of carbonyl (C=O) groups is 1. The Morgan fingerprint density at radius 1 is 1.88 bits per heavy atom. The molecule has 0 aromatic rings. The largest absolute Gasteiger partial charge is 0.367 e. The van der Waals surface area contributed by atoms with Crippen molar-refractivity contribution in [3.05, 3.63) is 6.42 Å². The van der Waals surface area contributed by atoms with Gasteiger partial charge in [-0.15, -0.1) is 0 Å². The average molecular weight is 118 g/mol. The topological polar surface area (TPSA) is 43.1 Å². The fraction of sp³-hybridized carbons (Fsp3) is 0.600. The molecule has 47 valence electrons. The van der Waals surface area contributed by atoms with E-state index in [1.807, 2.05) is 0 Å². The third kappa shape index (κ3) is 1.48. The first-order valence-corrected chi connectivity index (χ1v) is 2.30. The van der Waals surface area contributed by atoms with Gasteiger partial charge in [0.25, 0.3) is 5.91 Å². The van der Waals surface area contributed by atoms with Gasteiger partial charge in [-0.3, -0.25) is 4.79 Å². The van der Waals surface area contributed by atoms with Gasteiger partial charge in [0.2, 0.25) is 0 Å². The van der Waals surface area contributed by atoms with Crippen molar-refractivity contribution in [1.82, 2.24) is 0 Å². The molecule has 8 heavy (non-hydrogen) atoms. The van der Waals surface area contributed by atoms with E-state index in [1.54, 1.807) is 0 Å². The quantitative estimate of drug-likeness (QED) is 0.561. The number of amides is 1. The standard InChI is InChI=1S/C5H9FNO/c1-3-5(2,6)4(7)8/h3H,1-2H3,(H2,7,8)/t5-/m1/s1. The maximum Gasteiger partial charge on any atom is 0.255 e. The number of primary amides is 1. The van der Waals surface area contributed by atoms with Crippen molar-refractivity contribution in [1.29, 1.82) is 0 Å². The molecular formula is C5H9FNO. The second kappa shape index (κ2) is 2.11. The molecule has 0 heterocycles. The average Bonchev–Trinajstić information content (AvgIpc) is 1.67. The lowest BCUT2D eigenvalue weighted by Gasteiger charge is -2.10. The first-order valence-electron chi connectivity index (χ1n) is 2.30. The summed E-state index contributed by atoms with van der Waals surface area (Å²) in [5, 5.41) is 0. The Labute approximate surface area is 47.9 Å². The maximum absolute atomic E-state index is 12.4. The van der Waals surface area contributed by atoms with Crippen LogP contribution in [0, 0.1) is 6.42 Å². The van der Waals surface area contributed by atoms with Crippen LogP contribution in [0.3, 0.4) is 0 Å². The van der Waals surface area contributed by atoms with Gasteiger partial charge in [-0.2, -0.15) is 0 Å². The Morgan fingerprint density at radius 2 is 2.25 bits per heavy atom. The molecule has 0 aliphatic heterocycles. The number of halogens is 1. The van der Waals surface area contributed by atoms with Crippen LogP contribution in [-0.2, 0) is 4.79 Å². The molecule has 0 fully saturated rings. The van der Waals surface area contributed by atoms with Crippen LogP contribution in [0.15, 0.2) is 0 Å². The Bertz CT molecular complexity index is 101. The van der Waals surface area contributed by atoms with Crippen LogP contribution in [0.2, 0.25) is 0 Å². The maximum atomic E-state index is 12.4. The summed E-state index contributed by atoms with van der Waals surface area (Å²) in [6, 6.07) is 0. The lowest BCUT2D eigenvalue weighted by atomic mass is 10.1. The monoisotopic (exact) mass is 118 g/mol. The molecule has 2 N–H and O–H groups in total. The summed E-state index contributed by atoms with van der Waals surface area (Å²) in [5.74, 6) is -0.944. The van der Waals surface area contributed by atoms with E-state index in [4.69, 9.17) is 0 Å². The van der Waals surface area contributed by atoms with Gasteiger partial charge in [-0.25, -0.2) is 4.39 Å². The number of carbonyl (C=O) groups excluding carboxylic acids is 1. The van der Waals surface area contributed by atoms with Gasteiger partial charge in [0.15, 0.2) is 5.67 Å². The molecule has 1 atom stereocenters. The fourth-order valence-electron chi connectivity index (χ4n) is 0.142. The molecule has 0 saturated heterocycles. The van der Waals surface area contributed by atoms with Gasteiger partial charge in [0.05, 0.1) is 0 Å². The van der Waals surface area contributed by atoms with Crippen molar-refractivity contribution in [2.24, 2.45) is 5.73 Å². The number of alkyl halides is 1. The number of rotatable bonds is 2. The van der Waals surface area contributed by atoms with Crippen LogP contribution in [0.5, 0.6) is 0 Å². The molecule has 0 aromatic carbocycles. The van der Waals surface area contributed by atoms with E-state index in [0.29, 0.717) is 0 Å². The molecule has 0 saturated carbocycles. The summed E-state index contributed by atoms with van der Waals surface area (Å²) in [6.07, 6.45) is 1.12. The second-order valence-electron chi connectivity index (χ2n) is 1.73. The van der Waals surface area contributed by atoms with E-state index in [2.05, 4.69) is 5.73 Å². The van der Waals surface area contributed by atoms with Crippen LogP contribution in [0.25, 0.3) is 0 Å². The minimum absolute atomic E-state index is 0.944. The molecule has 0 aliphatic rings. The molecule has 2 nitrogen and oxygen atoms in total. The van der Waals surface area contributed by atoms with Crippen LogP contribution in [0.4, 0.5) is 4.39 Å². The van der Waals surface area contributed by atoms with Gasteiger partial charge in [0, 0.05) is 6.42 Å². The highest BCUT2D eigenvalue weighted by Crippen LogP contribution is 2.11. The van der Waals surface area contributed by atoms with Crippen molar-refractivity contribution >= 4 is 5.91 Å². The Morgan fingerprint density at radius 3 is 2.25 bits per heavy atom. The minimum Gasteiger partial charge on any atom is -0.367 e. The minimum atomic E-state index is -1.94. The zero-order chi connectivity index (χ0) is 6.78. The number of hydrogen-bond donors (Lipinski definition) is 1. The van der Waals surface area contributed by atoms with Crippen LogP contribution in [0.1, 0.15) is 13.8 Å². The highest BCUT2D eigenvalue weighted by molar-refractivity contribution is 5.84. The number of nitrogens with two attached hydrogens (primary N) is 1. The van der Waals surface area contributed by atoms with Gasteiger partial charge in [-0.05, 0) is 6.92 Å². The summed E-state index contributed by atoms with van der Waals surface area (Å²) in [4.78, 5) is 10.1. The van der Waals surface area contributed by atoms with Crippen LogP contribution < -0.4 is 5.73 Å². The van der Waals surface area contributed by atoms with Crippen molar-refractivity contribution in [2.45, 2.75) is 19.5 Å². The predicted molar refractivity (Wildman–Crippen MR) is 28.7 cm³/mol. The van der Waals surface area contributed by atoms with E-state index in [0.717, 1.165) is 13.3 Å². The molecule has 1 amide bonds. The first kappa shape index (κ1) is 7.40. The lowest BCUT2D eigenvalue weighted by Crippen LogP contribution is -2.36. The zero-order valence-electron chi connectivity index (χ0n) is 4.94. The van der Waals surface area contributed by atoms with E-state index >= 15 is 0 Å². The molecule has 0 rings (SSSR count). The smallest absolute Gasteiger partial charge is 0.255 e. The highest BCUT2D eigenvalue weighted by Gasteiger charge is 2.27. The van der Waals surface area contributed by atoms with Gasteiger partial charge in [0.1, 0.15) is 0 Å². The zero-order valence-corrected chi connectivity index (χ0v) is 4.94. The highest BCUT2D eigenvalue weighted by atomic mass is 19.1. The third-order valence-corrected chi connectivity index (χ3v) is 1.02. The van der Waals surface area contributed by atoms with E-state index in [1.165, 1.54) is 6.92 Å². The second-order valence-corrected chi connectivity index (χ2v) is 1.73. The fourth-order valence-corrected chi connectivity index (χ4v) is 0.142. The SMILES string of the molecule is C[CH][C@@](C)(F)C(N)=O. The van der Waals surface area contributed by atoms with Crippen LogP contribution in [-0.4, -0.2) is 11.6 Å². The first-order chi connectivity index (χ1) is 3.50. The number of hydrogen-bond acceptors (Lipinski definition) is 1. The van der Waals surface area contributed by atoms with Crippen molar-refractivity contribution in [2.75, 3.05) is 0 Å². The molecule has 0 bridgehead atoms. The molecule has 1 radical (unpaired) electrons. The van der Waals surface area contributed by atoms with E-state index < -0.39 is 11.6 Å². The Kier molecular flexibility index (Phi) is 1.95. The summed E-state index contributed by atoms with van der Waals surface area (Å²) in [7, 11) is 0. The molecule has 0 aromatic heterocycles. The summed E-state index contributed by atoms with van der Waals surface area (Å²) in [5.41, 5.74) is 2.69. The lowest BCUT2D eigenvalue weighted by molar-refractivity contribution is -0.126. The van der Waals surface area contributed by atoms with Gasteiger partial charge < -0.3 is 5.73 Å². The third-order valence-electron chi connectivity index (χ3n) is 1.02. The summed E-state index contributed by atoms with van der Waals surface area (Å²) < 4.78 is 12.4. The van der Waals surface area contributed by atoms with Gasteiger partial charge >= 0.3 is 0 Å². The Balaban J connectivity index is 3.91. The molecule has 0 aliphatic carbocycles. The summed E-state index contributed by atoms with van der Waals surface area (Å²) >= 11 is 0. The molecule has 0 unspecified atom stereocenters. The van der Waals surface area contributed by atoms with Crippen molar-refractivity contribution in [3.63, 3.8) is 0 Å². The molecule has 3 heteroatoms. The Hall–Kier alpha value is -0.600. The van der Waals surface area contributed by atoms with Crippen molar-refractivity contribution < 1.29 is 9.18 Å². The molecule has 0 spiro atoms. The van der Waals surface area contributed by atoms with E-state index in [-0.39, 0.29) is 0 Å². The normalized spacial score (nSPS) is 17.4. The van der Waals surface area contributed by atoms with Crippen LogP contribution >= 0.6 is 0 Å². The van der Waals surface area contributed by atoms with Gasteiger partial charge in [-0.1, -0.05) is 6.92 Å². The summed E-state index contributed by atoms with van der Waals surface area (Å²) in [6.45, 7) is 2.57. The molecular weight excluding hydrogens is 109 g/mol.